The number of amidine groups is 2. The monoisotopic (exact) mass is 557 g/mol. The molecular weight excluding hydrogens is 548 g/mol. The van der Waals surface area contributed by atoms with Crippen molar-refractivity contribution in [2.75, 3.05) is 11.7 Å². The Hall–Kier alpha value is -2.72. The highest BCUT2D eigenvalue weighted by molar-refractivity contribution is 6.40. The highest BCUT2D eigenvalue weighted by atomic mass is 35.5. The molecule has 1 atom stereocenters. The number of benzene rings is 1. The third-order valence-electron chi connectivity index (χ3n) is 4.54. The number of hydrogen-bond acceptors (Lipinski definition) is 6. The number of carbonyl (C=O) groups excluding carboxylic acids is 1. The van der Waals surface area contributed by atoms with E-state index in [1.165, 1.54) is 0 Å². The second-order valence-electron chi connectivity index (χ2n) is 6.91. The largest absolute Gasteiger partial charge is 0.449 e. The van der Waals surface area contributed by atoms with Gasteiger partial charge in [0.1, 0.15) is 11.5 Å². The molecule has 7 nitrogen and oxygen atoms in total. The minimum atomic E-state index is -5.46. The molecule has 0 radical (unpaired) electrons. The number of hydrazine groups is 1. The van der Waals surface area contributed by atoms with Crippen molar-refractivity contribution >= 4 is 46.5 Å². The van der Waals surface area contributed by atoms with Crippen molar-refractivity contribution in [1.29, 1.82) is 5.41 Å². The van der Waals surface area contributed by atoms with Gasteiger partial charge >= 0.3 is 24.5 Å². The summed E-state index contributed by atoms with van der Waals surface area (Å²) in [6.07, 6.45) is -18.0. The van der Waals surface area contributed by atoms with E-state index in [4.69, 9.17) is 28.6 Å². The number of alkyl halides is 9. The second-order valence-corrected chi connectivity index (χ2v) is 7.73. The minimum Gasteiger partial charge on any atom is -0.448 e. The Bertz CT molecular complexity index is 1120. The Kier molecular flexibility index (Phi) is 6.71. The second kappa shape index (κ2) is 8.74. The molecule has 1 aromatic carbocycles. The van der Waals surface area contributed by atoms with Crippen LogP contribution in [0.4, 0.5) is 45.2 Å². The van der Waals surface area contributed by atoms with E-state index in [0.29, 0.717) is 22.2 Å². The first kappa shape index (κ1) is 26.9. The Balaban J connectivity index is 2.28. The van der Waals surface area contributed by atoms with Gasteiger partial charge in [-0.05, 0) is 12.1 Å². The standard InChI is InChI=1S/C17H10Cl2F9N5O2/c1-5(34)35-4-32-13-9(11(16(23,24)25)30-14(31-13)17(26,27)28)12(29)33(32)10-7(18)2-6(3-8(10)19)15(20,21)22/h2-3,13,29H,4H2,1H3,(H,30,31). The summed E-state index contributed by atoms with van der Waals surface area (Å²) in [7, 11) is 0. The first-order chi connectivity index (χ1) is 15.8. The summed E-state index contributed by atoms with van der Waals surface area (Å²) < 4.78 is 125. The molecule has 2 N–H and O–H groups in total. The predicted octanol–water partition coefficient (Wildman–Crippen LogP) is 5.25. The van der Waals surface area contributed by atoms with Gasteiger partial charge in [0, 0.05) is 6.92 Å². The summed E-state index contributed by atoms with van der Waals surface area (Å²) >= 11 is 11.8. The maximum Gasteiger partial charge on any atom is 0.449 e. The van der Waals surface area contributed by atoms with Crippen LogP contribution in [0.5, 0.6) is 0 Å². The molecule has 0 aromatic heterocycles. The first-order valence-corrected chi connectivity index (χ1v) is 9.68. The van der Waals surface area contributed by atoms with E-state index >= 15 is 0 Å². The number of anilines is 1. The van der Waals surface area contributed by atoms with E-state index in [2.05, 4.69) is 9.73 Å². The van der Waals surface area contributed by atoms with Gasteiger partial charge in [0.15, 0.2) is 12.9 Å². The van der Waals surface area contributed by atoms with Crippen molar-refractivity contribution in [3.63, 3.8) is 0 Å². The molecule has 1 saturated heterocycles. The number of nitrogens with zero attached hydrogens (tertiary/aromatic N) is 3. The highest BCUT2D eigenvalue weighted by Gasteiger charge is 2.55. The van der Waals surface area contributed by atoms with Crippen LogP contribution in [0.1, 0.15) is 12.5 Å². The normalized spacial score (nSPS) is 19.5. The lowest BCUT2D eigenvalue weighted by molar-refractivity contribution is -0.146. The molecule has 0 aliphatic carbocycles. The van der Waals surface area contributed by atoms with E-state index in [1.807, 2.05) is 0 Å². The zero-order chi connectivity index (χ0) is 26.7. The number of ether oxygens (including phenoxy) is 1. The molecule has 2 aliphatic rings. The smallest absolute Gasteiger partial charge is 0.448 e. The fourth-order valence-corrected chi connectivity index (χ4v) is 3.81. The van der Waals surface area contributed by atoms with Crippen LogP contribution in [0, 0.1) is 5.41 Å². The van der Waals surface area contributed by atoms with Gasteiger partial charge in [0.05, 0.1) is 26.9 Å². The molecule has 35 heavy (non-hydrogen) atoms. The predicted molar refractivity (Wildman–Crippen MR) is 104 cm³/mol. The molecule has 0 saturated carbocycles. The van der Waals surface area contributed by atoms with E-state index in [9.17, 15) is 44.3 Å². The SMILES string of the molecule is CC(=O)OCN1C2N=C(C(F)(F)F)NC(C(F)(F)F)=C2C(=N)N1c1c(Cl)cc(C(F)(F)F)cc1Cl. The van der Waals surface area contributed by atoms with Gasteiger partial charge in [0.25, 0.3) is 0 Å². The third-order valence-corrected chi connectivity index (χ3v) is 5.11. The summed E-state index contributed by atoms with van der Waals surface area (Å²) in [5.74, 6) is -4.29. The molecule has 2 heterocycles. The number of fused-ring (bicyclic) bond motifs is 1. The number of allylic oxidation sites excluding steroid dienone is 1. The van der Waals surface area contributed by atoms with Gasteiger partial charge < -0.3 is 10.1 Å². The fourth-order valence-electron chi connectivity index (χ4n) is 3.17. The van der Waals surface area contributed by atoms with E-state index in [0.717, 1.165) is 12.2 Å². The Labute approximate surface area is 199 Å². The van der Waals surface area contributed by atoms with Gasteiger partial charge in [0.2, 0.25) is 5.84 Å². The molecule has 1 aromatic rings. The lowest BCUT2D eigenvalue weighted by atomic mass is 10.1. The van der Waals surface area contributed by atoms with Crippen LogP contribution in [-0.4, -0.2) is 47.9 Å². The molecule has 18 heteroatoms. The average molecular weight is 558 g/mol. The van der Waals surface area contributed by atoms with Crippen molar-refractivity contribution in [3.8, 4) is 0 Å². The first-order valence-electron chi connectivity index (χ1n) is 8.92. The Morgan fingerprint density at radius 2 is 1.60 bits per heavy atom. The lowest BCUT2D eigenvalue weighted by Crippen LogP contribution is -2.49. The van der Waals surface area contributed by atoms with Crippen LogP contribution < -0.4 is 10.3 Å². The number of rotatable bonds is 3. The third kappa shape index (κ3) is 5.13. The number of nitrogens with one attached hydrogen (secondary N) is 2. The summed E-state index contributed by atoms with van der Waals surface area (Å²) in [4.78, 5) is 14.5. The number of esters is 1. The minimum absolute atomic E-state index is 0.351. The molecule has 1 fully saturated rings. The quantitative estimate of drug-likeness (QED) is 0.392. The van der Waals surface area contributed by atoms with Gasteiger partial charge in [-0.15, -0.1) is 5.01 Å². The maximum absolute atomic E-state index is 13.7. The molecule has 0 amide bonds. The van der Waals surface area contributed by atoms with Crippen LogP contribution in [0.2, 0.25) is 10.0 Å². The van der Waals surface area contributed by atoms with Gasteiger partial charge in [-0.2, -0.15) is 39.5 Å². The summed E-state index contributed by atoms with van der Waals surface area (Å²) in [5, 5.41) is 8.57. The van der Waals surface area contributed by atoms with Gasteiger partial charge in [-0.3, -0.25) is 10.2 Å². The molecule has 1 unspecified atom stereocenters. The zero-order valence-corrected chi connectivity index (χ0v) is 18.3. The Morgan fingerprint density at radius 1 is 1.06 bits per heavy atom. The molecule has 0 spiro atoms. The molecule has 192 valence electrons. The zero-order valence-electron chi connectivity index (χ0n) is 16.8. The number of hydrogen-bond donors (Lipinski definition) is 2. The molecular formula is C17H10Cl2F9N5O2. The van der Waals surface area contributed by atoms with Crippen LogP contribution in [0.3, 0.4) is 0 Å². The van der Waals surface area contributed by atoms with Crippen molar-refractivity contribution in [1.82, 2.24) is 10.3 Å². The lowest BCUT2D eigenvalue weighted by Gasteiger charge is -2.32. The molecule has 2 aliphatic heterocycles. The topological polar surface area (TPSA) is 81.0 Å². The van der Waals surface area contributed by atoms with E-state index in [-0.39, 0.29) is 0 Å². The van der Waals surface area contributed by atoms with Gasteiger partial charge in [-0.1, -0.05) is 23.2 Å². The maximum atomic E-state index is 13.7. The van der Waals surface area contributed by atoms with Crippen molar-refractivity contribution in [2.45, 2.75) is 31.6 Å². The van der Waals surface area contributed by atoms with Crippen LogP contribution in [0.25, 0.3) is 0 Å². The molecule has 3 rings (SSSR count). The summed E-state index contributed by atoms with van der Waals surface area (Å²) in [6, 6.07) is 0.702. The summed E-state index contributed by atoms with van der Waals surface area (Å²) in [5.41, 5.74) is -5.19. The van der Waals surface area contributed by atoms with Crippen molar-refractivity contribution < 1.29 is 49.0 Å². The number of carbonyl (C=O) groups is 1. The van der Waals surface area contributed by atoms with Crippen LogP contribution >= 0.6 is 23.2 Å². The highest BCUT2D eigenvalue weighted by Crippen LogP contribution is 2.46. The number of halogens is 11. The van der Waals surface area contributed by atoms with Crippen LogP contribution in [0.15, 0.2) is 28.4 Å². The average Bonchev–Trinajstić information content (AvgIpc) is 2.95. The van der Waals surface area contributed by atoms with Gasteiger partial charge in [-0.25, -0.2) is 10.0 Å². The molecule has 0 bridgehead atoms. The van der Waals surface area contributed by atoms with E-state index in [1.54, 1.807) is 0 Å². The number of aliphatic imine (C=N–C) groups is 1. The Morgan fingerprint density at radius 3 is 2.03 bits per heavy atom. The summed E-state index contributed by atoms with van der Waals surface area (Å²) in [6.45, 7) is -0.201. The fraction of sp³-hybridized carbons (Fsp3) is 0.353. The van der Waals surface area contributed by atoms with Crippen LogP contribution in [-0.2, 0) is 15.7 Å². The van der Waals surface area contributed by atoms with E-state index < -0.39 is 81.6 Å². The van der Waals surface area contributed by atoms with Crippen molar-refractivity contribution in [3.05, 3.63) is 39.0 Å². The van der Waals surface area contributed by atoms with Crippen molar-refractivity contribution in [2.24, 2.45) is 4.99 Å².